The van der Waals surface area contributed by atoms with Gasteiger partial charge in [0.2, 0.25) is 5.95 Å². The number of hydrogen-bond acceptors (Lipinski definition) is 3. The van der Waals surface area contributed by atoms with Crippen LogP contribution in [-0.4, -0.2) is 36.1 Å². The van der Waals surface area contributed by atoms with E-state index in [1.807, 2.05) is 12.1 Å². The molecule has 4 nitrogen and oxygen atoms in total. The first-order valence-electron chi connectivity index (χ1n) is 7.50. The van der Waals surface area contributed by atoms with E-state index in [-0.39, 0.29) is 0 Å². The Balaban J connectivity index is 1.50. The number of hydrogen-bond donors (Lipinski definition) is 1. The van der Waals surface area contributed by atoms with E-state index in [1.54, 1.807) is 0 Å². The quantitative estimate of drug-likeness (QED) is 0.760. The fourth-order valence-corrected chi connectivity index (χ4v) is 3.29. The van der Waals surface area contributed by atoms with Crippen LogP contribution in [0, 0.1) is 0 Å². The number of nitrogens with zero attached hydrogens (tertiary/aromatic N) is 3. The SMILES string of the molecule is Brc1ccc2nc(N3CCN(c4ccccc4)CC3)[nH]c2c1. The van der Waals surface area contributed by atoms with E-state index in [9.17, 15) is 0 Å². The summed E-state index contributed by atoms with van der Waals surface area (Å²) in [7, 11) is 0. The molecule has 0 radical (unpaired) electrons. The normalized spacial score (nSPS) is 15.5. The molecule has 2 heterocycles. The lowest BCUT2D eigenvalue weighted by molar-refractivity contribution is 0.643. The van der Waals surface area contributed by atoms with Crippen LogP contribution in [0.15, 0.2) is 53.0 Å². The first-order valence-corrected chi connectivity index (χ1v) is 8.29. The number of nitrogens with one attached hydrogen (secondary N) is 1. The lowest BCUT2D eigenvalue weighted by Crippen LogP contribution is -2.46. The van der Waals surface area contributed by atoms with E-state index < -0.39 is 0 Å². The summed E-state index contributed by atoms with van der Waals surface area (Å²) in [4.78, 5) is 12.9. The van der Waals surface area contributed by atoms with Gasteiger partial charge in [-0.2, -0.15) is 0 Å². The first-order chi connectivity index (χ1) is 10.8. The average molecular weight is 357 g/mol. The van der Waals surface area contributed by atoms with Gasteiger partial charge in [0, 0.05) is 36.3 Å². The summed E-state index contributed by atoms with van der Waals surface area (Å²) < 4.78 is 1.07. The lowest BCUT2D eigenvalue weighted by atomic mass is 10.2. The molecule has 0 saturated carbocycles. The largest absolute Gasteiger partial charge is 0.368 e. The number of rotatable bonds is 2. The summed E-state index contributed by atoms with van der Waals surface area (Å²) in [6.07, 6.45) is 0. The van der Waals surface area contributed by atoms with Crippen LogP contribution in [0.25, 0.3) is 11.0 Å². The van der Waals surface area contributed by atoms with E-state index in [0.29, 0.717) is 0 Å². The second-order valence-corrected chi connectivity index (χ2v) is 6.45. The zero-order valence-electron chi connectivity index (χ0n) is 12.2. The van der Waals surface area contributed by atoms with E-state index in [0.717, 1.165) is 47.6 Å². The monoisotopic (exact) mass is 356 g/mol. The average Bonchev–Trinajstić information content (AvgIpc) is 2.99. The molecule has 1 fully saturated rings. The minimum Gasteiger partial charge on any atom is -0.368 e. The van der Waals surface area contributed by atoms with Crippen molar-refractivity contribution in [1.82, 2.24) is 9.97 Å². The van der Waals surface area contributed by atoms with Gasteiger partial charge in [0.05, 0.1) is 11.0 Å². The van der Waals surface area contributed by atoms with Gasteiger partial charge < -0.3 is 14.8 Å². The van der Waals surface area contributed by atoms with Crippen LogP contribution in [0.4, 0.5) is 11.6 Å². The van der Waals surface area contributed by atoms with Crippen LogP contribution in [0.2, 0.25) is 0 Å². The minimum atomic E-state index is 0.973. The van der Waals surface area contributed by atoms with Crippen molar-refractivity contribution in [3.8, 4) is 0 Å². The Morgan fingerprint density at radius 1 is 0.909 bits per heavy atom. The molecule has 3 aromatic rings. The molecular weight excluding hydrogens is 340 g/mol. The molecule has 0 amide bonds. The Kier molecular flexibility index (Phi) is 3.50. The maximum atomic E-state index is 4.71. The summed E-state index contributed by atoms with van der Waals surface area (Å²) in [5.41, 5.74) is 3.40. The van der Waals surface area contributed by atoms with Crippen molar-refractivity contribution in [2.24, 2.45) is 0 Å². The molecule has 4 rings (SSSR count). The molecule has 22 heavy (non-hydrogen) atoms. The number of anilines is 2. The molecule has 0 spiro atoms. The third-order valence-electron chi connectivity index (χ3n) is 4.13. The number of fused-ring (bicyclic) bond motifs is 1. The third-order valence-corrected chi connectivity index (χ3v) is 4.63. The number of H-pyrrole nitrogens is 1. The van der Waals surface area contributed by atoms with Crippen molar-refractivity contribution in [2.75, 3.05) is 36.0 Å². The Labute approximate surface area is 137 Å². The highest BCUT2D eigenvalue weighted by Crippen LogP contribution is 2.23. The predicted molar refractivity (Wildman–Crippen MR) is 94.7 cm³/mol. The van der Waals surface area contributed by atoms with Crippen LogP contribution < -0.4 is 9.80 Å². The molecule has 0 aliphatic carbocycles. The van der Waals surface area contributed by atoms with Gasteiger partial charge in [-0.05, 0) is 30.3 Å². The highest BCUT2D eigenvalue weighted by atomic mass is 79.9. The van der Waals surface area contributed by atoms with Gasteiger partial charge in [-0.3, -0.25) is 0 Å². The van der Waals surface area contributed by atoms with E-state index >= 15 is 0 Å². The predicted octanol–water partition coefficient (Wildman–Crippen LogP) is 3.65. The molecule has 1 aromatic heterocycles. The third kappa shape index (κ3) is 2.57. The standard InChI is InChI=1S/C17H17BrN4/c18-13-6-7-15-16(12-13)20-17(19-15)22-10-8-21(9-11-22)14-4-2-1-3-5-14/h1-7,12H,8-11H2,(H,19,20). The summed E-state index contributed by atoms with van der Waals surface area (Å²) in [6.45, 7) is 4.00. The zero-order valence-corrected chi connectivity index (χ0v) is 13.8. The van der Waals surface area contributed by atoms with Crippen molar-refractivity contribution in [3.63, 3.8) is 0 Å². The number of aromatic nitrogens is 2. The van der Waals surface area contributed by atoms with Crippen LogP contribution in [0.5, 0.6) is 0 Å². The number of piperazine rings is 1. The van der Waals surface area contributed by atoms with Crippen LogP contribution in [0.3, 0.4) is 0 Å². The van der Waals surface area contributed by atoms with E-state index in [1.165, 1.54) is 5.69 Å². The van der Waals surface area contributed by atoms with Crippen molar-refractivity contribution in [1.29, 1.82) is 0 Å². The molecule has 0 bridgehead atoms. The van der Waals surface area contributed by atoms with Crippen molar-refractivity contribution >= 4 is 38.6 Å². The van der Waals surface area contributed by atoms with Crippen LogP contribution >= 0.6 is 15.9 Å². The molecule has 2 aromatic carbocycles. The Morgan fingerprint density at radius 2 is 1.64 bits per heavy atom. The summed E-state index contributed by atoms with van der Waals surface area (Å²) in [5.74, 6) is 0.973. The van der Waals surface area contributed by atoms with Gasteiger partial charge in [0.1, 0.15) is 0 Å². The van der Waals surface area contributed by atoms with E-state index in [2.05, 4.69) is 67.1 Å². The van der Waals surface area contributed by atoms with Gasteiger partial charge in [-0.15, -0.1) is 0 Å². The Hall–Kier alpha value is -2.01. The first kappa shape index (κ1) is 13.6. The van der Waals surface area contributed by atoms with Gasteiger partial charge in [-0.1, -0.05) is 34.1 Å². The zero-order chi connectivity index (χ0) is 14.9. The molecule has 112 valence electrons. The highest BCUT2D eigenvalue weighted by molar-refractivity contribution is 9.10. The number of aromatic amines is 1. The summed E-state index contributed by atoms with van der Waals surface area (Å²) >= 11 is 3.50. The molecule has 1 N–H and O–H groups in total. The summed E-state index contributed by atoms with van der Waals surface area (Å²) in [5, 5.41) is 0. The fourth-order valence-electron chi connectivity index (χ4n) is 2.93. The number of para-hydroxylation sites is 1. The maximum Gasteiger partial charge on any atom is 0.203 e. The topological polar surface area (TPSA) is 35.2 Å². The molecule has 0 unspecified atom stereocenters. The maximum absolute atomic E-state index is 4.71. The lowest BCUT2D eigenvalue weighted by Gasteiger charge is -2.35. The van der Waals surface area contributed by atoms with Crippen LogP contribution in [-0.2, 0) is 0 Å². The molecular formula is C17H17BrN4. The van der Waals surface area contributed by atoms with Gasteiger partial charge in [-0.25, -0.2) is 4.98 Å². The number of benzene rings is 2. The second-order valence-electron chi connectivity index (χ2n) is 5.53. The summed E-state index contributed by atoms with van der Waals surface area (Å²) in [6, 6.07) is 16.7. The molecule has 1 aliphatic heterocycles. The van der Waals surface area contributed by atoms with Crippen LogP contribution in [0.1, 0.15) is 0 Å². The number of imidazole rings is 1. The molecule has 1 aliphatic rings. The van der Waals surface area contributed by atoms with Gasteiger partial charge in [0.15, 0.2) is 0 Å². The second kappa shape index (κ2) is 5.65. The molecule has 1 saturated heterocycles. The number of halogens is 1. The van der Waals surface area contributed by atoms with E-state index in [4.69, 9.17) is 4.98 Å². The fraction of sp³-hybridized carbons (Fsp3) is 0.235. The van der Waals surface area contributed by atoms with Gasteiger partial charge in [0.25, 0.3) is 0 Å². The smallest absolute Gasteiger partial charge is 0.203 e. The molecule has 0 atom stereocenters. The molecule has 5 heteroatoms. The van der Waals surface area contributed by atoms with Gasteiger partial charge >= 0.3 is 0 Å². The van der Waals surface area contributed by atoms with Crippen molar-refractivity contribution < 1.29 is 0 Å². The van der Waals surface area contributed by atoms with Crippen molar-refractivity contribution in [2.45, 2.75) is 0 Å². The Bertz CT molecular complexity index is 776. The highest BCUT2D eigenvalue weighted by Gasteiger charge is 2.19. The van der Waals surface area contributed by atoms with Crippen molar-refractivity contribution in [3.05, 3.63) is 53.0 Å². The minimum absolute atomic E-state index is 0.973. The Morgan fingerprint density at radius 3 is 2.41 bits per heavy atom.